The summed E-state index contributed by atoms with van der Waals surface area (Å²) in [6.07, 6.45) is 4.18. The monoisotopic (exact) mass is 343 g/mol. The molecule has 1 aliphatic heterocycles. The molecule has 24 heavy (non-hydrogen) atoms. The van der Waals surface area contributed by atoms with Crippen molar-refractivity contribution in [2.24, 2.45) is 0 Å². The van der Waals surface area contributed by atoms with Crippen LogP contribution in [-0.2, 0) is 0 Å². The number of aliphatic hydroxyl groups excluding tert-OH is 1. The Kier molecular flexibility index (Phi) is 5.05. The highest BCUT2D eigenvalue weighted by Crippen LogP contribution is 2.60. The Bertz CT molecular complexity index is 617. The second-order valence-corrected chi connectivity index (χ2v) is 11.1. The standard InChI is InChI=1S/C21H29NOS/c1-21(2)15-14-19(22-21)20(23)16-24(3,17-10-6-4-7-11-17)18-12-8-5-9-13-18/h4-13,19-20,22-23H,14-16H2,1-3H3/t19-,20+/m0/s1. The summed E-state index contributed by atoms with van der Waals surface area (Å²) < 4.78 is 0. The molecule has 0 radical (unpaired) electrons. The maximum absolute atomic E-state index is 11.0. The highest BCUT2D eigenvalue weighted by molar-refractivity contribution is 8.33. The van der Waals surface area contributed by atoms with Crippen molar-refractivity contribution in [2.45, 2.75) is 54.2 Å². The maximum atomic E-state index is 11.0. The van der Waals surface area contributed by atoms with E-state index in [1.807, 2.05) is 0 Å². The number of rotatable bonds is 5. The summed E-state index contributed by atoms with van der Waals surface area (Å²) in [5, 5.41) is 14.6. The molecule has 2 aromatic rings. The Hall–Kier alpha value is -1.29. The zero-order chi connectivity index (χ0) is 17.2. The van der Waals surface area contributed by atoms with Crippen molar-refractivity contribution in [2.75, 3.05) is 12.0 Å². The van der Waals surface area contributed by atoms with Gasteiger partial charge >= 0.3 is 0 Å². The molecule has 0 spiro atoms. The van der Waals surface area contributed by atoms with Crippen molar-refractivity contribution in [1.82, 2.24) is 5.32 Å². The summed E-state index contributed by atoms with van der Waals surface area (Å²) in [6.45, 7) is 4.44. The minimum absolute atomic E-state index is 0.136. The molecule has 2 nitrogen and oxygen atoms in total. The Morgan fingerprint density at radius 1 is 1.04 bits per heavy atom. The summed E-state index contributed by atoms with van der Waals surface area (Å²) in [6, 6.07) is 21.6. The van der Waals surface area contributed by atoms with E-state index in [9.17, 15) is 5.11 Å². The first-order chi connectivity index (χ1) is 11.4. The van der Waals surface area contributed by atoms with Crippen LogP contribution in [0.5, 0.6) is 0 Å². The van der Waals surface area contributed by atoms with Gasteiger partial charge < -0.3 is 10.4 Å². The molecule has 3 rings (SSSR count). The number of hydrogen-bond acceptors (Lipinski definition) is 2. The molecule has 0 saturated carbocycles. The molecule has 0 amide bonds. The minimum Gasteiger partial charge on any atom is -0.391 e. The van der Waals surface area contributed by atoms with E-state index in [1.165, 1.54) is 9.79 Å². The van der Waals surface area contributed by atoms with Crippen molar-refractivity contribution >= 4 is 10.0 Å². The third-order valence-electron chi connectivity index (χ3n) is 5.15. The van der Waals surface area contributed by atoms with Crippen LogP contribution in [0.15, 0.2) is 70.5 Å². The smallest absolute Gasteiger partial charge is 0.0775 e. The Labute approximate surface area is 147 Å². The topological polar surface area (TPSA) is 32.3 Å². The van der Waals surface area contributed by atoms with E-state index < -0.39 is 10.0 Å². The minimum atomic E-state index is -1.26. The van der Waals surface area contributed by atoms with Crippen LogP contribution < -0.4 is 5.32 Å². The van der Waals surface area contributed by atoms with Gasteiger partial charge in [0.15, 0.2) is 0 Å². The summed E-state index contributed by atoms with van der Waals surface area (Å²) in [4.78, 5) is 2.68. The molecule has 0 unspecified atom stereocenters. The normalized spacial score (nSPS) is 22.2. The predicted octanol–water partition coefficient (Wildman–Crippen LogP) is 4.43. The third kappa shape index (κ3) is 3.69. The van der Waals surface area contributed by atoms with E-state index in [1.54, 1.807) is 0 Å². The molecule has 0 aliphatic carbocycles. The van der Waals surface area contributed by atoms with E-state index in [-0.39, 0.29) is 17.7 Å². The fourth-order valence-corrected chi connectivity index (χ4v) is 6.77. The summed E-state index contributed by atoms with van der Waals surface area (Å²) >= 11 is 0. The van der Waals surface area contributed by atoms with Gasteiger partial charge in [-0.15, -0.1) is 0 Å². The summed E-state index contributed by atoms with van der Waals surface area (Å²) in [7, 11) is -1.26. The number of hydrogen-bond donors (Lipinski definition) is 2. The van der Waals surface area contributed by atoms with Crippen LogP contribution in [0, 0.1) is 0 Å². The average molecular weight is 344 g/mol. The van der Waals surface area contributed by atoms with Crippen molar-refractivity contribution < 1.29 is 5.11 Å². The van der Waals surface area contributed by atoms with Crippen molar-refractivity contribution in [3.63, 3.8) is 0 Å². The molecule has 2 aromatic carbocycles. The lowest BCUT2D eigenvalue weighted by atomic mass is 10.0. The lowest BCUT2D eigenvalue weighted by Crippen LogP contribution is -2.45. The van der Waals surface area contributed by atoms with Crippen molar-refractivity contribution in [3.8, 4) is 0 Å². The van der Waals surface area contributed by atoms with Crippen LogP contribution in [0.2, 0.25) is 0 Å². The van der Waals surface area contributed by atoms with Gasteiger partial charge in [-0.25, -0.2) is 0 Å². The van der Waals surface area contributed by atoms with Crippen LogP contribution >= 0.6 is 10.0 Å². The molecule has 3 heteroatoms. The van der Waals surface area contributed by atoms with Crippen LogP contribution in [-0.4, -0.2) is 34.8 Å². The average Bonchev–Trinajstić information content (AvgIpc) is 2.96. The first kappa shape index (κ1) is 17.5. The molecule has 0 aromatic heterocycles. The van der Waals surface area contributed by atoms with Crippen molar-refractivity contribution in [1.29, 1.82) is 0 Å². The molecule has 1 fully saturated rings. The Balaban J connectivity index is 1.89. The second-order valence-electron chi connectivity index (χ2n) is 7.62. The largest absolute Gasteiger partial charge is 0.391 e. The molecule has 2 atom stereocenters. The lowest BCUT2D eigenvalue weighted by Gasteiger charge is -2.40. The fraction of sp³-hybridized carbons (Fsp3) is 0.429. The molecule has 1 saturated heterocycles. The van der Waals surface area contributed by atoms with E-state index >= 15 is 0 Å². The SMILES string of the molecule is CC1(C)CC[C@@H]([C@H](O)CS(C)(c2ccccc2)c2ccccc2)N1. The van der Waals surface area contributed by atoms with E-state index in [2.05, 4.69) is 86.1 Å². The Morgan fingerprint density at radius 3 is 1.96 bits per heavy atom. The van der Waals surface area contributed by atoms with E-state index in [0.29, 0.717) is 0 Å². The molecular weight excluding hydrogens is 314 g/mol. The van der Waals surface area contributed by atoms with Gasteiger partial charge in [0.25, 0.3) is 0 Å². The zero-order valence-electron chi connectivity index (χ0n) is 14.9. The van der Waals surface area contributed by atoms with Crippen LogP contribution in [0.25, 0.3) is 0 Å². The maximum Gasteiger partial charge on any atom is 0.0775 e. The molecule has 130 valence electrons. The molecular formula is C21H29NOS. The molecule has 2 N–H and O–H groups in total. The van der Waals surface area contributed by atoms with Gasteiger partial charge in [0.1, 0.15) is 0 Å². The molecule has 0 bridgehead atoms. The Morgan fingerprint density at radius 2 is 1.54 bits per heavy atom. The van der Waals surface area contributed by atoms with Gasteiger partial charge in [-0.1, -0.05) is 36.4 Å². The number of benzene rings is 2. The first-order valence-corrected chi connectivity index (χ1v) is 10.9. The van der Waals surface area contributed by atoms with E-state index in [4.69, 9.17) is 0 Å². The van der Waals surface area contributed by atoms with Crippen LogP contribution in [0.3, 0.4) is 0 Å². The highest BCUT2D eigenvalue weighted by Gasteiger charge is 2.37. The van der Waals surface area contributed by atoms with Gasteiger partial charge in [0, 0.05) is 17.3 Å². The van der Waals surface area contributed by atoms with Gasteiger partial charge in [0.05, 0.1) is 6.10 Å². The summed E-state index contributed by atoms with van der Waals surface area (Å²) in [5.74, 6) is 0.800. The number of aliphatic hydroxyl groups is 1. The third-order valence-corrected chi connectivity index (χ3v) is 8.79. The van der Waals surface area contributed by atoms with Crippen LogP contribution in [0.1, 0.15) is 26.7 Å². The second kappa shape index (κ2) is 6.91. The van der Waals surface area contributed by atoms with Gasteiger partial charge in [-0.05, 0) is 67.0 Å². The first-order valence-electron chi connectivity index (χ1n) is 8.73. The number of nitrogens with one attached hydrogen (secondary N) is 1. The highest BCUT2D eigenvalue weighted by atomic mass is 32.3. The van der Waals surface area contributed by atoms with Crippen LogP contribution in [0.4, 0.5) is 0 Å². The summed E-state index contributed by atoms with van der Waals surface area (Å²) in [5.41, 5.74) is 0.136. The van der Waals surface area contributed by atoms with E-state index in [0.717, 1.165) is 18.6 Å². The van der Waals surface area contributed by atoms with Gasteiger partial charge in [-0.3, -0.25) is 0 Å². The fourth-order valence-electron chi connectivity index (χ4n) is 3.68. The quantitative estimate of drug-likeness (QED) is 0.842. The predicted molar refractivity (Wildman–Crippen MR) is 104 cm³/mol. The van der Waals surface area contributed by atoms with Gasteiger partial charge in [-0.2, -0.15) is 10.0 Å². The lowest BCUT2D eigenvalue weighted by molar-refractivity contribution is 0.152. The zero-order valence-corrected chi connectivity index (χ0v) is 15.7. The molecule has 1 aliphatic rings. The van der Waals surface area contributed by atoms with Gasteiger partial charge in [0.2, 0.25) is 0 Å². The van der Waals surface area contributed by atoms with Crippen molar-refractivity contribution in [3.05, 3.63) is 60.7 Å². The molecule has 1 heterocycles.